The summed E-state index contributed by atoms with van der Waals surface area (Å²) < 4.78 is 5.46. The maximum Gasteiger partial charge on any atom is 0.338 e. The first-order chi connectivity index (χ1) is 14.3. The molecule has 2 aromatic rings. The monoisotopic (exact) mass is 423 g/mol. The number of hydrogen-bond acceptors (Lipinski definition) is 4. The van der Waals surface area contributed by atoms with Crippen LogP contribution in [0.3, 0.4) is 0 Å². The number of nitrogens with one attached hydrogen (secondary N) is 2. The number of ether oxygens (including phenoxy) is 1. The number of allylic oxidation sites excluding steroid dienone is 1. The third kappa shape index (κ3) is 4.68. The summed E-state index contributed by atoms with van der Waals surface area (Å²) in [5, 5.41) is 6.62. The third-order valence-electron chi connectivity index (χ3n) is 4.85. The van der Waals surface area contributed by atoms with Gasteiger partial charge >= 0.3 is 5.97 Å². The molecule has 0 saturated carbocycles. The van der Waals surface area contributed by atoms with Gasteiger partial charge in [-0.1, -0.05) is 30.3 Å². The Bertz CT molecular complexity index is 985. The SMILES string of the molecule is CC1=C(C(=O)OC(C)C)C(c2ccc(NC(=O)c3ccccc3)cc2)NC(=S)N1C. The van der Waals surface area contributed by atoms with Crippen LogP contribution in [0.4, 0.5) is 5.69 Å². The molecule has 0 radical (unpaired) electrons. The van der Waals surface area contributed by atoms with Gasteiger partial charge in [0.2, 0.25) is 0 Å². The molecule has 0 spiro atoms. The molecule has 30 heavy (non-hydrogen) atoms. The topological polar surface area (TPSA) is 70.7 Å². The van der Waals surface area contributed by atoms with E-state index in [4.69, 9.17) is 17.0 Å². The summed E-state index contributed by atoms with van der Waals surface area (Å²) in [7, 11) is 1.81. The molecular weight excluding hydrogens is 398 g/mol. The van der Waals surface area contributed by atoms with Gasteiger partial charge in [-0.15, -0.1) is 0 Å². The van der Waals surface area contributed by atoms with Gasteiger partial charge in [-0.05, 0) is 62.8 Å². The Balaban J connectivity index is 1.85. The van der Waals surface area contributed by atoms with E-state index in [-0.39, 0.29) is 18.0 Å². The normalized spacial score (nSPS) is 16.4. The Morgan fingerprint density at radius 3 is 2.33 bits per heavy atom. The summed E-state index contributed by atoms with van der Waals surface area (Å²) >= 11 is 5.42. The predicted molar refractivity (Wildman–Crippen MR) is 121 cm³/mol. The van der Waals surface area contributed by atoms with Crippen molar-refractivity contribution in [2.75, 3.05) is 12.4 Å². The van der Waals surface area contributed by atoms with Gasteiger partial charge in [0.05, 0.1) is 17.7 Å². The highest BCUT2D eigenvalue weighted by Gasteiger charge is 2.33. The second kappa shape index (κ2) is 9.09. The van der Waals surface area contributed by atoms with Crippen molar-refractivity contribution in [3.63, 3.8) is 0 Å². The van der Waals surface area contributed by atoms with Crippen molar-refractivity contribution in [2.45, 2.75) is 32.9 Å². The lowest BCUT2D eigenvalue weighted by Gasteiger charge is -2.35. The van der Waals surface area contributed by atoms with E-state index in [1.165, 1.54) is 0 Å². The Hall–Kier alpha value is -3.19. The van der Waals surface area contributed by atoms with Crippen molar-refractivity contribution in [1.29, 1.82) is 0 Å². The van der Waals surface area contributed by atoms with E-state index in [2.05, 4.69) is 10.6 Å². The summed E-state index contributed by atoms with van der Waals surface area (Å²) in [5.41, 5.74) is 3.35. The average molecular weight is 424 g/mol. The number of thiocarbonyl (C=S) groups is 1. The molecule has 0 bridgehead atoms. The molecule has 1 amide bonds. The molecule has 0 aromatic heterocycles. The number of benzene rings is 2. The molecule has 156 valence electrons. The summed E-state index contributed by atoms with van der Waals surface area (Å²) in [6, 6.07) is 15.9. The van der Waals surface area contributed by atoms with E-state index < -0.39 is 6.04 Å². The van der Waals surface area contributed by atoms with E-state index in [0.717, 1.165) is 11.3 Å². The predicted octanol–water partition coefficient (Wildman–Crippen LogP) is 4.03. The fourth-order valence-corrected chi connectivity index (χ4v) is 3.43. The number of nitrogens with zero attached hydrogens (tertiary/aromatic N) is 1. The van der Waals surface area contributed by atoms with E-state index in [9.17, 15) is 9.59 Å². The number of rotatable bonds is 5. The summed E-state index contributed by atoms with van der Waals surface area (Å²) in [4.78, 5) is 26.9. The molecule has 2 aromatic carbocycles. The minimum Gasteiger partial charge on any atom is -0.459 e. The van der Waals surface area contributed by atoms with Crippen LogP contribution in [0.5, 0.6) is 0 Å². The zero-order valence-electron chi connectivity index (χ0n) is 17.4. The van der Waals surface area contributed by atoms with Gasteiger partial charge in [0.15, 0.2) is 5.11 Å². The lowest BCUT2D eigenvalue weighted by Crippen LogP contribution is -2.46. The first-order valence-corrected chi connectivity index (χ1v) is 10.1. The van der Waals surface area contributed by atoms with E-state index in [1.807, 2.05) is 58.2 Å². The van der Waals surface area contributed by atoms with Crippen molar-refractivity contribution in [2.24, 2.45) is 0 Å². The van der Waals surface area contributed by atoms with Gasteiger partial charge in [0.25, 0.3) is 5.91 Å². The minimum atomic E-state index is -0.432. The molecule has 2 N–H and O–H groups in total. The molecule has 0 fully saturated rings. The molecule has 7 heteroatoms. The summed E-state index contributed by atoms with van der Waals surface area (Å²) in [6.07, 6.45) is -0.229. The maximum atomic E-state index is 12.8. The molecule has 1 aliphatic rings. The lowest BCUT2D eigenvalue weighted by atomic mass is 9.95. The average Bonchev–Trinajstić information content (AvgIpc) is 2.72. The first-order valence-electron chi connectivity index (χ1n) is 9.70. The van der Waals surface area contributed by atoms with Gasteiger partial charge < -0.3 is 20.3 Å². The van der Waals surface area contributed by atoms with Crippen molar-refractivity contribution in [3.8, 4) is 0 Å². The fourth-order valence-electron chi connectivity index (χ4n) is 3.18. The van der Waals surface area contributed by atoms with Crippen LogP contribution in [0.1, 0.15) is 42.7 Å². The van der Waals surface area contributed by atoms with Crippen LogP contribution in [0.15, 0.2) is 65.9 Å². The largest absolute Gasteiger partial charge is 0.459 e. The Kier molecular flexibility index (Phi) is 6.52. The quantitative estimate of drug-likeness (QED) is 0.559. The highest BCUT2D eigenvalue weighted by atomic mass is 32.1. The number of carbonyl (C=O) groups excluding carboxylic acids is 2. The Labute approximate surface area is 181 Å². The Morgan fingerprint density at radius 1 is 1.10 bits per heavy atom. The number of amides is 1. The van der Waals surface area contributed by atoms with Gasteiger partial charge in [0, 0.05) is 24.0 Å². The molecule has 0 saturated heterocycles. The van der Waals surface area contributed by atoms with E-state index in [0.29, 0.717) is 21.9 Å². The van der Waals surface area contributed by atoms with Crippen LogP contribution in [0.25, 0.3) is 0 Å². The number of esters is 1. The second-order valence-corrected chi connectivity index (χ2v) is 7.72. The number of hydrogen-bond donors (Lipinski definition) is 2. The van der Waals surface area contributed by atoms with Crippen molar-refractivity contribution >= 4 is 34.9 Å². The van der Waals surface area contributed by atoms with Crippen LogP contribution in [0, 0.1) is 0 Å². The van der Waals surface area contributed by atoms with Gasteiger partial charge in [-0.3, -0.25) is 4.79 Å². The number of carbonyl (C=O) groups is 2. The maximum absolute atomic E-state index is 12.8. The lowest BCUT2D eigenvalue weighted by molar-refractivity contribution is -0.143. The van der Waals surface area contributed by atoms with Crippen LogP contribution >= 0.6 is 12.2 Å². The zero-order chi connectivity index (χ0) is 21.8. The fraction of sp³-hybridized carbons (Fsp3) is 0.261. The summed E-state index contributed by atoms with van der Waals surface area (Å²) in [5.74, 6) is -0.560. The molecule has 1 unspecified atom stereocenters. The highest BCUT2D eigenvalue weighted by molar-refractivity contribution is 7.80. The molecule has 3 rings (SSSR count). The van der Waals surface area contributed by atoms with Crippen LogP contribution in [0.2, 0.25) is 0 Å². The molecule has 1 atom stereocenters. The summed E-state index contributed by atoms with van der Waals surface area (Å²) in [6.45, 7) is 5.49. The molecular formula is C23H25N3O3S. The van der Waals surface area contributed by atoms with E-state index in [1.54, 1.807) is 29.2 Å². The highest BCUT2D eigenvalue weighted by Crippen LogP contribution is 2.31. The molecule has 0 aliphatic carbocycles. The van der Waals surface area contributed by atoms with Crippen molar-refractivity contribution < 1.29 is 14.3 Å². The second-order valence-electron chi connectivity index (χ2n) is 7.34. The van der Waals surface area contributed by atoms with Gasteiger partial charge in [-0.2, -0.15) is 0 Å². The standard InChI is InChI=1S/C23H25N3O3S/c1-14(2)29-22(28)19-15(3)26(4)23(30)25-20(19)16-10-12-18(13-11-16)24-21(27)17-8-6-5-7-9-17/h5-14,20H,1-4H3,(H,24,27)(H,25,30). The molecule has 1 aliphatic heterocycles. The van der Waals surface area contributed by atoms with Crippen LogP contribution in [-0.4, -0.2) is 35.0 Å². The van der Waals surface area contributed by atoms with Crippen LogP contribution in [-0.2, 0) is 9.53 Å². The smallest absolute Gasteiger partial charge is 0.338 e. The van der Waals surface area contributed by atoms with Crippen molar-refractivity contribution in [3.05, 3.63) is 77.0 Å². The van der Waals surface area contributed by atoms with Crippen LogP contribution < -0.4 is 10.6 Å². The zero-order valence-corrected chi connectivity index (χ0v) is 18.2. The van der Waals surface area contributed by atoms with Gasteiger partial charge in [-0.25, -0.2) is 4.79 Å². The third-order valence-corrected chi connectivity index (χ3v) is 5.25. The van der Waals surface area contributed by atoms with Gasteiger partial charge in [0.1, 0.15) is 0 Å². The van der Waals surface area contributed by atoms with E-state index >= 15 is 0 Å². The molecule has 1 heterocycles. The van der Waals surface area contributed by atoms with Crippen molar-refractivity contribution in [1.82, 2.24) is 10.2 Å². The number of anilines is 1. The molecule has 6 nitrogen and oxygen atoms in total. The Morgan fingerprint density at radius 2 is 1.73 bits per heavy atom. The minimum absolute atomic E-state index is 0.182. The first kappa shape index (κ1) is 21.5.